The minimum atomic E-state index is -0.0213. The SMILES string of the molecule is CN(CCOc1cccc(Cl)c1)C(=O)Cc1ccc(N)cn1. The Morgan fingerprint density at radius 2 is 2.18 bits per heavy atom. The summed E-state index contributed by atoms with van der Waals surface area (Å²) in [7, 11) is 1.74. The summed E-state index contributed by atoms with van der Waals surface area (Å²) in [6, 6.07) is 10.7. The van der Waals surface area contributed by atoms with Crippen LogP contribution < -0.4 is 10.5 Å². The van der Waals surface area contributed by atoms with E-state index in [1.54, 1.807) is 42.4 Å². The molecule has 0 bridgehead atoms. The van der Waals surface area contributed by atoms with Gasteiger partial charge < -0.3 is 15.4 Å². The zero-order valence-electron chi connectivity index (χ0n) is 12.3. The first-order valence-corrected chi connectivity index (χ1v) is 7.25. The lowest BCUT2D eigenvalue weighted by atomic mass is 10.2. The molecular weight excluding hydrogens is 302 g/mol. The van der Waals surface area contributed by atoms with Crippen molar-refractivity contribution >= 4 is 23.2 Å². The third kappa shape index (κ3) is 4.93. The zero-order valence-corrected chi connectivity index (χ0v) is 13.1. The van der Waals surface area contributed by atoms with Gasteiger partial charge in [-0.25, -0.2) is 0 Å². The van der Waals surface area contributed by atoms with Gasteiger partial charge in [0.2, 0.25) is 5.91 Å². The molecule has 0 fully saturated rings. The Hall–Kier alpha value is -2.27. The maximum Gasteiger partial charge on any atom is 0.228 e. The van der Waals surface area contributed by atoms with Gasteiger partial charge in [-0.05, 0) is 30.3 Å². The number of carbonyl (C=O) groups is 1. The Kier molecular flexibility index (Phi) is 5.61. The number of pyridine rings is 1. The number of nitrogens with two attached hydrogens (primary N) is 1. The van der Waals surface area contributed by atoms with Gasteiger partial charge in [0.25, 0.3) is 0 Å². The molecule has 0 atom stereocenters. The molecule has 0 saturated heterocycles. The first-order chi connectivity index (χ1) is 10.5. The molecule has 2 N–H and O–H groups in total. The van der Waals surface area contributed by atoms with Crippen molar-refractivity contribution in [2.24, 2.45) is 0 Å². The molecule has 0 aliphatic rings. The molecule has 2 aromatic rings. The summed E-state index contributed by atoms with van der Waals surface area (Å²) in [6.45, 7) is 0.887. The van der Waals surface area contributed by atoms with E-state index in [2.05, 4.69) is 4.98 Å². The number of benzene rings is 1. The molecule has 6 heteroatoms. The second-order valence-electron chi connectivity index (χ2n) is 4.88. The van der Waals surface area contributed by atoms with E-state index in [0.717, 1.165) is 0 Å². The van der Waals surface area contributed by atoms with E-state index in [9.17, 15) is 4.79 Å². The molecule has 0 unspecified atom stereocenters. The van der Waals surface area contributed by atoms with Gasteiger partial charge in [-0.1, -0.05) is 17.7 Å². The highest BCUT2D eigenvalue weighted by Gasteiger charge is 2.10. The predicted molar refractivity (Wildman–Crippen MR) is 86.9 cm³/mol. The van der Waals surface area contributed by atoms with Gasteiger partial charge in [0.05, 0.1) is 24.8 Å². The third-order valence-electron chi connectivity index (χ3n) is 3.10. The standard InChI is InChI=1S/C16H18ClN3O2/c1-20(7-8-22-15-4-2-3-12(17)9-15)16(21)10-14-6-5-13(18)11-19-14/h2-6,9,11H,7-8,10,18H2,1H3. The second-order valence-corrected chi connectivity index (χ2v) is 5.32. The smallest absolute Gasteiger partial charge is 0.228 e. The highest BCUT2D eigenvalue weighted by Crippen LogP contribution is 2.16. The topological polar surface area (TPSA) is 68.5 Å². The zero-order chi connectivity index (χ0) is 15.9. The van der Waals surface area contributed by atoms with Crippen molar-refractivity contribution in [2.45, 2.75) is 6.42 Å². The summed E-state index contributed by atoms with van der Waals surface area (Å²) in [5, 5.41) is 0.622. The van der Waals surface area contributed by atoms with Crippen molar-refractivity contribution in [2.75, 3.05) is 25.9 Å². The summed E-state index contributed by atoms with van der Waals surface area (Å²) in [6.07, 6.45) is 1.79. The van der Waals surface area contributed by atoms with Gasteiger partial charge in [0, 0.05) is 17.8 Å². The lowest BCUT2D eigenvalue weighted by molar-refractivity contribution is -0.129. The van der Waals surface area contributed by atoms with E-state index >= 15 is 0 Å². The molecular formula is C16H18ClN3O2. The van der Waals surface area contributed by atoms with Crippen LogP contribution in [0.15, 0.2) is 42.6 Å². The van der Waals surface area contributed by atoms with Crippen molar-refractivity contribution in [3.05, 3.63) is 53.3 Å². The fourth-order valence-electron chi connectivity index (χ4n) is 1.81. The van der Waals surface area contributed by atoms with Crippen LogP contribution in [0.1, 0.15) is 5.69 Å². The summed E-state index contributed by atoms with van der Waals surface area (Å²) >= 11 is 5.88. The molecule has 5 nitrogen and oxygen atoms in total. The number of aromatic nitrogens is 1. The molecule has 22 heavy (non-hydrogen) atoms. The fraction of sp³-hybridized carbons (Fsp3) is 0.250. The average molecular weight is 320 g/mol. The maximum absolute atomic E-state index is 12.1. The van der Waals surface area contributed by atoms with Crippen LogP contribution in [0.25, 0.3) is 0 Å². The lowest BCUT2D eigenvalue weighted by Gasteiger charge is -2.17. The average Bonchev–Trinajstić information content (AvgIpc) is 2.49. The van der Waals surface area contributed by atoms with E-state index in [-0.39, 0.29) is 12.3 Å². The Morgan fingerprint density at radius 1 is 1.36 bits per heavy atom. The van der Waals surface area contributed by atoms with E-state index in [1.165, 1.54) is 0 Å². The van der Waals surface area contributed by atoms with Crippen molar-refractivity contribution in [1.29, 1.82) is 0 Å². The molecule has 1 aromatic heterocycles. The Bertz CT molecular complexity index is 632. The number of halogens is 1. The highest BCUT2D eigenvalue weighted by atomic mass is 35.5. The number of ether oxygens (including phenoxy) is 1. The quantitative estimate of drug-likeness (QED) is 0.887. The molecule has 0 radical (unpaired) electrons. The number of likely N-dealkylation sites (N-methyl/N-ethyl adjacent to an activating group) is 1. The van der Waals surface area contributed by atoms with Gasteiger partial charge in [-0.15, -0.1) is 0 Å². The predicted octanol–water partition coefficient (Wildman–Crippen LogP) is 2.40. The summed E-state index contributed by atoms with van der Waals surface area (Å²) in [5.41, 5.74) is 6.84. The first-order valence-electron chi connectivity index (χ1n) is 6.87. The molecule has 1 aromatic carbocycles. The van der Waals surface area contributed by atoms with Crippen molar-refractivity contribution < 1.29 is 9.53 Å². The van der Waals surface area contributed by atoms with Crippen LogP contribution in [0.4, 0.5) is 5.69 Å². The van der Waals surface area contributed by atoms with Crippen LogP contribution >= 0.6 is 11.6 Å². The van der Waals surface area contributed by atoms with Gasteiger partial charge in [-0.2, -0.15) is 0 Å². The fourth-order valence-corrected chi connectivity index (χ4v) is 1.99. The minimum absolute atomic E-state index is 0.0213. The van der Waals surface area contributed by atoms with Crippen LogP contribution in [-0.4, -0.2) is 36.0 Å². The van der Waals surface area contributed by atoms with E-state index < -0.39 is 0 Å². The van der Waals surface area contributed by atoms with E-state index in [0.29, 0.717) is 35.3 Å². The summed E-state index contributed by atoms with van der Waals surface area (Å²) in [4.78, 5) is 17.8. The molecule has 2 rings (SSSR count). The Balaban J connectivity index is 1.77. The van der Waals surface area contributed by atoms with Gasteiger partial charge >= 0.3 is 0 Å². The highest BCUT2D eigenvalue weighted by molar-refractivity contribution is 6.30. The Labute approximate surface area is 134 Å². The summed E-state index contributed by atoms with van der Waals surface area (Å²) < 4.78 is 5.56. The largest absolute Gasteiger partial charge is 0.492 e. The van der Waals surface area contributed by atoms with Crippen LogP contribution in [-0.2, 0) is 11.2 Å². The number of rotatable bonds is 6. The molecule has 0 saturated carbocycles. The Morgan fingerprint density at radius 3 is 2.86 bits per heavy atom. The monoisotopic (exact) mass is 319 g/mol. The molecule has 116 valence electrons. The molecule has 0 aliphatic carbocycles. The third-order valence-corrected chi connectivity index (χ3v) is 3.33. The minimum Gasteiger partial charge on any atom is -0.492 e. The number of nitrogen functional groups attached to an aromatic ring is 1. The molecule has 0 aliphatic heterocycles. The lowest BCUT2D eigenvalue weighted by Crippen LogP contribution is -2.32. The van der Waals surface area contributed by atoms with Crippen LogP contribution in [0, 0.1) is 0 Å². The van der Waals surface area contributed by atoms with Gasteiger partial charge in [0.1, 0.15) is 12.4 Å². The molecule has 0 spiro atoms. The van der Waals surface area contributed by atoms with Crippen molar-refractivity contribution in [3.8, 4) is 5.75 Å². The second kappa shape index (κ2) is 7.66. The van der Waals surface area contributed by atoms with Crippen molar-refractivity contribution in [1.82, 2.24) is 9.88 Å². The van der Waals surface area contributed by atoms with Crippen LogP contribution in [0.5, 0.6) is 5.75 Å². The maximum atomic E-state index is 12.1. The van der Waals surface area contributed by atoms with Crippen LogP contribution in [0.3, 0.4) is 0 Å². The molecule has 1 heterocycles. The summed E-state index contributed by atoms with van der Waals surface area (Å²) in [5.74, 6) is 0.667. The number of amides is 1. The van der Waals surface area contributed by atoms with E-state index in [1.807, 2.05) is 12.1 Å². The number of hydrogen-bond donors (Lipinski definition) is 1. The van der Waals surface area contributed by atoms with Gasteiger partial charge in [0.15, 0.2) is 0 Å². The van der Waals surface area contributed by atoms with Crippen molar-refractivity contribution in [3.63, 3.8) is 0 Å². The van der Waals surface area contributed by atoms with Crippen LogP contribution in [0.2, 0.25) is 5.02 Å². The molecule has 1 amide bonds. The first kappa shape index (κ1) is 16.1. The number of carbonyl (C=O) groups excluding carboxylic acids is 1. The normalized spacial score (nSPS) is 10.3. The van der Waals surface area contributed by atoms with E-state index in [4.69, 9.17) is 22.1 Å². The number of hydrogen-bond acceptors (Lipinski definition) is 4. The number of anilines is 1. The number of nitrogens with zero attached hydrogens (tertiary/aromatic N) is 2. The van der Waals surface area contributed by atoms with Gasteiger partial charge in [-0.3, -0.25) is 9.78 Å².